The summed E-state index contributed by atoms with van der Waals surface area (Å²) in [7, 11) is 0. The van der Waals surface area contributed by atoms with Crippen molar-refractivity contribution in [2.75, 3.05) is 19.6 Å². The van der Waals surface area contributed by atoms with Gasteiger partial charge in [-0.1, -0.05) is 0 Å². The highest BCUT2D eigenvalue weighted by molar-refractivity contribution is 5.89. The van der Waals surface area contributed by atoms with E-state index in [1.807, 2.05) is 0 Å². The summed E-state index contributed by atoms with van der Waals surface area (Å²) in [5.74, 6) is -1.45. The Hall–Kier alpha value is -2.95. The van der Waals surface area contributed by atoms with Gasteiger partial charge >= 0.3 is 5.97 Å². The predicted octanol–water partition coefficient (Wildman–Crippen LogP) is -2.24. The van der Waals surface area contributed by atoms with Crippen LogP contribution in [0, 0.1) is 6.92 Å². The topological polar surface area (TPSA) is 169 Å². The molecule has 1 aromatic heterocycles. The SMILES string of the molecule is Cc1ncn(CC(=O)N(CCN)CC(=O)O)c1/N=C(/N)NC=O. The lowest BCUT2D eigenvalue weighted by Gasteiger charge is -2.20. The van der Waals surface area contributed by atoms with E-state index in [4.69, 9.17) is 16.6 Å². The van der Waals surface area contributed by atoms with Crippen LogP contribution >= 0.6 is 0 Å². The maximum absolute atomic E-state index is 12.2. The lowest BCUT2D eigenvalue weighted by molar-refractivity contribution is -0.144. The molecular formula is C12H19N7O4. The van der Waals surface area contributed by atoms with Gasteiger partial charge in [-0.2, -0.15) is 4.99 Å². The third kappa shape index (κ3) is 5.39. The Balaban J connectivity index is 2.95. The van der Waals surface area contributed by atoms with Crippen LogP contribution in [0.25, 0.3) is 0 Å². The number of guanidine groups is 1. The number of carboxylic acid groups (broad SMARTS) is 1. The molecule has 0 aliphatic heterocycles. The number of nitrogens with two attached hydrogens (primary N) is 2. The summed E-state index contributed by atoms with van der Waals surface area (Å²) in [6.07, 6.45) is 1.75. The van der Waals surface area contributed by atoms with Crippen LogP contribution in [0.2, 0.25) is 0 Å². The molecule has 1 aromatic rings. The number of hydrogen-bond donors (Lipinski definition) is 4. The van der Waals surface area contributed by atoms with Crippen LogP contribution in [0.5, 0.6) is 0 Å². The zero-order valence-corrected chi connectivity index (χ0v) is 12.6. The number of aryl methyl sites for hydroxylation is 1. The molecule has 0 spiro atoms. The van der Waals surface area contributed by atoms with Gasteiger partial charge in [-0.05, 0) is 6.92 Å². The molecule has 1 heterocycles. The highest BCUT2D eigenvalue weighted by atomic mass is 16.4. The average Bonchev–Trinajstić information content (AvgIpc) is 2.79. The fraction of sp³-hybridized carbons (Fsp3) is 0.417. The third-order valence-electron chi connectivity index (χ3n) is 2.80. The Morgan fingerprint density at radius 2 is 2.26 bits per heavy atom. The Labute approximate surface area is 132 Å². The minimum Gasteiger partial charge on any atom is -0.480 e. The van der Waals surface area contributed by atoms with Crippen molar-refractivity contribution >= 4 is 30.1 Å². The molecule has 0 aliphatic carbocycles. The van der Waals surface area contributed by atoms with Crippen molar-refractivity contribution in [2.24, 2.45) is 16.5 Å². The number of carbonyl (C=O) groups excluding carboxylic acids is 2. The summed E-state index contributed by atoms with van der Waals surface area (Å²) < 4.78 is 1.41. The van der Waals surface area contributed by atoms with Gasteiger partial charge in [-0.3, -0.25) is 19.7 Å². The number of aliphatic carboxylic acids is 1. The highest BCUT2D eigenvalue weighted by Gasteiger charge is 2.18. The van der Waals surface area contributed by atoms with Gasteiger partial charge in [-0.25, -0.2) is 4.98 Å². The molecule has 2 amide bonds. The van der Waals surface area contributed by atoms with Gasteiger partial charge in [0.05, 0.1) is 12.0 Å². The number of nitrogens with one attached hydrogen (secondary N) is 1. The van der Waals surface area contributed by atoms with Gasteiger partial charge in [0, 0.05) is 13.1 Å². The highest BCUT2D eigenvalue weighted by Crippen LogP contribution is 2.17. The van der Waals surface area contributed by atoms with E-state index in [2.05, 4.69) is 15.3 Å². The molecule has 0 saturated carbocycles. The van der Waals surface area contributed by atoms with E-state index in [0.29, 0.717) is 12.1 Å². The second kappa shape index (κ2) is 8.48. The molecule has 0 radical (unpaired) electrons. The van der Waals surface area contributed by atoms with Crippen molar-refractivity contribution < 1.29 is 19.5 Å². The summed E-state index contributed by atoms with van der Waals surface area (Å²) in [4.78, 5) is 42.5. The van der Waals surface area contributed by atoms with Crippen LogP contribution in [-0.2, 0) is 20.9 Å². The van der Waals surface area contributed by atoms with Crippen LogP contribution in [-0.4, -0.2) is 63.4 Å². The van der Waals surface area contributed by atoms with Gasteiger partial charge in [-0.15, -0.1) is 0 Å². The van der Waals surface area contributed by atoms with Gasteiger partial charge in [0.25, 0.3) is 0 Å². The van der Waals surface area contributed by atoms with Crippen LogP contribution in [0.3, 0.4) is 0 Å². The van der Waals surface area contributed by atoms with Gasteiger partial charge in [0.1, 0.15) is 13.1 Å². The largest absolute Gasteiger partial charge is 0.480 e. The molecule has 6 N–H and O–H groups in total. The molecule has 0 unspecified atom stereocenters. The average molecular weight is 325 g/mol. The van der Waals surface area contributed by atoms with Crippen LogP contribution in [0.4, 0.5) is 5.82 Å². The first-order valence-electron chi connectivity index (χ1n) is 6.64. The van der Waals surface area contributed by atoms with Crippen molar-refractivity contribution in [3.63, 3.8) is 0 Å². The molecule has 0 bridgehead atoms. The molecule has 11 heteroatoms. The molecule has 0 saturated heterocycles. The summed E-state index contributed by atoms with van der Waals surface area (Å²) in [5.41, 5.74) is 11.4. The third-order valence-corrected chi connectivity index (χ3v) is 2.80. The Bertz CT molecular complexity index is 611. The number of imidazole rings is 1. The summed E-state index contributed by atoms with van der Waals surface area (Å²) in [6.45, 7) is 1.29. The first-order valence-corrected chi connectivity index (χ1v) is 6.64. The monoisotopic (exact) mass is 325 g/mol. The number of hydrogen-bond acceptors (Lipinski definition) is 6. The summed E-state index contributed by atoms with van der Waals surface area (Å²) >= 11 is 0. The molecule has 0 aliphatic rings. The normalized spacial score (nSPS) is 11.1. The predicted molar refractivity (Wildman–Crippen MR) is 80.7 cm³/mol. The zero-order chi connectivity index (χ0) is 17.4. The molecule has 126 valence electrons. The van der Waals surface area contributed by atoms with Crippen molar-refractivity contribution in [3.05, 3.63) is 12.0 Å². The second-order valence-corrected chi connectivity index (χ2v) is 4.54. The lowest BCUT2D eigenvalue weighted by atomic mass is 10.4. The first-order chi connectivity index (χ1) is 10.9. The zero-order valence-electron chi connectivity index (χ0n) is 12.6. The van der Waals surface area contributed by atoms with Crippen LogP contribution < -0.4 is 16.8 Å². The maximum Gasteiger partial charge on any atom is 0.323 e. The van der Waals surface area contributed by atoms with Crippen LogP contribution in [0.1, 0.15) is 5.69 Å². The second-order valence-electron chi connectivity index (χ2n) is 4.54. The number of nitrogens with zero attached hydrogens (tertiary/aromatic N) is 4. The smallest absolute Gasteiger partial charge is 0.323 e. The molecular weight excluding hydrogens is 306 g/mol. The first kappa shape index (κ1) is 18.1. The molecule has 1 rings (SSSR count). The van der Waals surface area contributed by atoms with E-state index in [-0.39, 0.29) is 31.4 Å². The Morgan fingerprint density at radius 1 is 1.57 bits per heavy atom. The van der Waals surface area contributed by atoms with Gasteiger partial charge in [0.2, 0.25) is 18.3 Å². The summed E-state index contributed by atoms with van der Waals surface area (Å²) in [6, 6.07) is 0. The number of rotatable bonds is 8. The Kier molecular flexibility index (Phi) is 6.68. The number of aliphatic imine (C=N–C) groups is 1. The number of amides is 2. The van der Waals surface area contributed by atoms with E-state index in [0.717, 1.165) is 4.90 Å². The van der Waals surface area contributed by atoms with E-state index < -0.39 is 18.4 Å². The standard InChI is InChI=1S/C12H19N7O4/c1-8-11(17-12(14)16-7-20)19(6-15-8)4-9(21)18(3-2-13)5-10(22)23/h6-7H,2-5,13H2,1H3,(H,22,23)(H3,14,16,17,20). The van der Waals surface area contributed by atoms with E-state index in [1.165, 1.54) is 10.9 Å². The Morgan fingerprint density at radius 3 is 2.83 bits per heavy atom. The molecule has 0 atom stereocenters. The maximum atomic E-state index is 12.2. The van der Waals surface area contributed by atoms with Crippen molar-refractivity contribution in [1.29, 1.82) is 0 Å². The fourth-order valence-corrected chi connectivity index (χ4v) is 1.80. The summed E-state index contributed by atoms with van der Waals surface area (Å²) in [5, 5.41) is 11.0. The van der Waals surface area contributed by atoms with E-state index >= 15 is 0 Å². The molecule has 0 aromatic carbocycles. The van der Waals surface area contributed by atoms with Crippen molar-refractivity contribution in [2.45, 2.75) is 13.5 Å². The molecule has 0 fully saturated rings. The quantitative estimate of drug-likeness (QED) is 0.238. The van der Waals surface area contributed by atoms with Crippen LogP contribution in [0.15, 0.2) is 11.3 Å². The molecule has 11 nitrogen and oxygen atoms in total. The van der Waals surface area contributed by atoms with Gasteiger partial charge in [0.15, 0.2) is 5.82 Å². The van der Waals surface area contributed by atoms with Gasteiger partial charge < -0.3 is 26.0 Å². The number of carboxylic acids is 1. The molecule has 23 heavy (non-hydrogen) atoms. The van der Waals surface area contributed by atoms with Crippen molar-refractivity contribution in [1.82, 2.24) is 19.8 Å². The number of aromatic nitrogens is 2. The van der Waals surface area contributed by atoms with E-state index in [9.17, 15) is 14.4 Å². The lowest BCUT2D eigenvalue weighted by Crippen LogP contribution is -2.40. The van der Waals surface area contributed by atoms with E-state index in [1.54, 1.807) is 6.92 Å². The van der Waals surface area contributed by atoms with Crippen molar-refractivity contribution in [3.8, 4) is 0 Å². The fourth-order valence-electron chi connectivity index (χ4n) is 1.80. The number of carbonyl (C=O) groups is 3. The minimum absolute atomic E-state index is 0.117. The minimum atomic E-state index is -1.13.